The summed E-state index contributed by atoms with van der Waals surface area (Å²) in [6.07, 6.45) is -0.287. The van der Waals surface area contributed by atoms with Crippen LogP contribution in [-0.2, 0) is 14.3 Å². The molecule has 2 aromatic carbocycles. The second-order valence-corrected chi connectivity index (χ2v) is 8.61. The van der Waals surface area contributed by atoms with Crippen LogP contribution in [-0.4, -0.2) is 42.6 Å². The number of alkyl carbamates (subject to hydrolysis) is 1. The van der Waals surface area contributed by atoms with Crippen molar-refractivity contribution in [1.82, 2.24) is 10.7 Å². The molecule has 3 rings (SSSR count). The Morgan fingerprint density at radius 3 is 2.18 bits per heavy atom. The Hall–Kier alpha value is -3.88. The van der Waals surface area contributed by atoms with E-state index < -0.39 is 23.8 Å². The van der Waals surface area contributed by atoms with Crippen molar-refractivity contribution in [3.05, 3.63) is 59.7 Å². The lowest BCUT2D eigenvalue weighted by Crippen LogP contribution is -2.40. The number of primary amides is 1. The van der Waals surface area contributed by atoms with Crippen molar-refractivity contribution >= 4 is 24.3 Å². The monoisotopic (exact) mass is 452 g/mol. The Morgan fingerprint density at radius 2 is 1.67 bits per heavy atom. The van der Waals surface area contributed by atoms with Gasteiger partial charge in [0.15, 0.2) is 0 Å². The fourth-order valence-electron chi connectivity index (χ4n) is 3.69. The first kappa shape index (κ1) is 23.8. The predicted octanol–water partition coefficient (Wildman–Crippen LogP) is 3.28. The number of nitrogens with zero attached hydrogens (tertiary/aromatic N) is 1. The molecule has 0 aromatic heterocycles. The summed E-state index contributed by atoms with van der Waals surface area (Å²) in [4.78, 5) is 35.0. The van der Waals surface area contributed by atoms with Crippen molar-refractivity contribution in [1.29, 1.82) is 0 Å². The molecule has 0 fully saturated rings. The van der Waals surface area contributed by atoms with Crippen molar-refractivity contribution in [2.75, 3.05) is 6.61 Å². The molecule has 33 heavy (non-hydrogen) atoms. The molecule has 0 saturated heterocycles. The fourth-order valence-corrected chi connectivity index (χ4v) is 3.69. The summed E-state index contributed by atoms with van der Waals surface area (Å²) >= 11 is 0. The number of nitrogens with two attached hydrogens (primary N) is 1. The maximum absolute atomic E-state index is 12.5. The highest BCUT2D eigenvalue weighted by Crippen LogP contribution is 2.44. The van der Waals surface area contributed by atoms with Gasteiger partial charge in [0.25, 0.3) is 0 Å². The molecule has 0 unspecified atom stereocenters. The lowest BCUT2D eigenvalue weighted by atomic mass is 9.98. The predicted molar refractivity (Wildman–Crippen MR) is 124 cm³/mol. The first-order valence-corrected chi connectivity index (χ1v) is 10.6. The minimum Gasteiger partial charge on any atom is -0.474 e. The van der Waals surface area contributed by atoms with Crippen LogP contribution in [0.25, 0.3) is 11.1 Å². The first-order valence-electron chi connectivity index (χ1n) is 10.6. The average molecular weight is 453 g/mol. The molecule has 1 aliphatic carbocycles. The van der Waals surface area contributed by atoms with Crippen LogP contribution in [0.4, 0.5) is 9.59 Å². The lowest BCUT2D eigenvalue weighted by molar-refractivity contribution is -0.109. The molecule has 0 spiro atoms. The second-order valence-electron chi connectivity index (χ2n) is 8.61. The number of ether oxygens (including phenoxy) is 2. The summed E-state index contributed by atoms with van der Waals surface area (Å²) in [5, 5.41) is 6.29. The minimum atomic E-state index is -0.976. The van der Waals surface area contributed by atoms with Gasteiger partial charge in [0.2, 0.25) is 5.90 Å². The van der Waals surface area contributed by atoms with Crippen molar-refractivity contribution in [3.63, 3.8) is 0 Å². The SMILES string of the molecule is CC(C)(C)OC(C[C@@H](C=O)NC(=O)OCC1c2ccccc2-c2ccccc21)=NNC(N)=O. The first-order chi connectivity index (χ1) is 15.7. The number of hydrogen-bond donors (Lipinski definition) is 3. The fraction of sp³-hybridized carbons (Fsp3) is 0.333. The van der Waals surface area contributed by atoms with Gasteiger partial charge < -0.3 is 25.3 Å². The molecule has 1 aliphatic rings. The smallest absolute Gasteiger partial charge is 0.407 e. The van der Waals surface area contributed by atoms with Gasteiger partial charge in [0, 0.05) is 5.92 Å². The Kier molecular flexibility index (Phi) is 7.32. The molecule has 2 aromatic rings. The van der Waals surface area contributed by atoms with Crippen LogP contribution in [0.2, 0.25) is 0 Å². The van der Waals surface area contributed by atoms with Gasteiger partial charge in [-0.05, 0) is 43.0 Å². The largest absolute Gasteiger partial charge is 0.474 e. The normalized spacial score (nSPS) is 14.0. The van der Waals surface area contributed by atoms with E-state index >= 15 is 0 Å². The summed E-state index contributed by atoms with van der Waals surface area (Å²) in [5.74, 6) is -0.0590. The number of hydrogen-bond acceptors (Lipinski definition) is 6. The maximum atomic E-state index is 12.5. The van der Waals surface area contributed by atoms with E-state index in [0.717, 1.165) is 22.3 Å². The molecule has 0 saturated carbocycles. The molecule has 0 heterocycles. The summed E-state index contributed by atoms with van der Waals surface area (Å²) in [7, 11) is 0. The molecule has 174 valence electrons. The Balaban J connectivity index is 1.64. The molecule has 0 radical (unpaired) electrons. The Morgan fingerprint density at radius 1 is 1.09 bits per heavy atom. The van der Waals surface area contributed by atoms with Crippen LogP contribution in [0, 0.1) is 0 Å². The molecule has 1 atom stereocenters. The highest BCUT2D eigenvalue weighted by atomic mass is 16.5. The number of benzene rings is 2. The quantitative estimate of drug-likeness (QED) is 0.257. The second kappa shape index (κ2) is 10.2. The van der Waals surface area contributed by atoms with Gasteiger partial charge in [-0.15, -0.1) is 5.10 Å². The molecule has 0 bridgehead atoms. The summed E-state index contributed by atoms with van der Waals surface area (Å²) < 4.78 is 11.1. The van der Waals surface area contributed by atoms with Crippen LogP contribution >= 0.6 is 0 Å². The van der Waals surface area contributed by atoms with Gasteiger partial charge in [-0.25, -0.2) is 15.0 Å². The van der Waals surface area contributed by atoms with E-state index in [-0.39, 0.29) is 24.8 Å². The number of fused-ring (bicyclic) bond motifs is 3. The number of aldehydes is 1. The maximum Gasteiger partial charge on any atom is 0.407 e. The van der Waals surface area contributed by atoms with Gasteiger partial charge in [0.05, 0.1) is 12.5 Å². The van der Waals surface area contributed by atoms with Crippen molar-refractivity contribution in [3.8, 4) is 11.1 Å². The topological polar surface area (TPSA) is 132 Å². The zero-order valence-electron chi connectivity index (χ0n) is 18.8. The van der Waals surface area contributed by atoms with Crippen molar-refractivity contribution < 1.29 is 23.9 Å². The average Bonchev–Trinajstić information content (AvgIpc) is 3.08. The molecule has 9 heteroatoms. The third-order valence-electron chi connectivity index (χ3n) is 4.92. The molecule has 0 aliphatic heterocycles. The standard InChI is InChI=1S/C24H28N4O5/c1-24(2,3)33-21(27-28-22(25)30)12-15(13-29)26-23(31)32-14-20-18-10-6-4-8-16(18)17-9-5-7-11-19(17)20/h4-11,13,15,20H,12,14H2,1-3H3,(H,26,31)(H3,25,28,30)/t15-/m0/s1. The summed E-state index contributed by atoms with van der Waals surface area (Å²) in [6.45, 7) is 5.46. The lowest BCUT2D eigenvalue weighted by Gasteiger charge is -2.23. The Labute approximate surface area is 192 Å². The van der Waals surface area contributed by atoms with E-state index in [1.165, 1.54) is 0 Å². The minimum absolute atomic E-state index is 0.0392. The van der Waals surface area contributed by atoms with Gasteiger partial charge in [-0.2, -0.15) is 0 Å². The van der Waals surface area contributed by atoms with E-state index in [1.54, 1.807) is 20.8 Å². The number of urea groups is 1. The van der Waals surface area contributed by atoms with E-state index in [9.17, 15) is 14.4 Å². The van der Waals surface area contributed by atoms with Crippen LogP contribution in [0.3, 0.4) is 0 Å². The zero-order valence-corrected chi connectivity index (χ0v) is 18.8. The molecule has 9 nitrogen and oxygen atoms in total. The van der Waals surface area contributed by atoms with Crippen LogP contribution in [0.1, 0.15) is 44.2 Å². The van der Waals surface area contributed by atoms with Crippen LogP contribution < -0.4 is 16.5 Å². The van der Waals surface area contributed by atoms with E-state index in [0.29, 0.717) is 6.29 Å². The van der Waals surface area contributed by atoms with Crippen LogP contribution in [0.5, 0.6) is 0 Å². The molecule has 3 amide bonds. The number of hydrazone groups is 1. The van der Waals surface area contributed by atoms with E-state index in [4.69, 9.17) is 15.2 Å². The zero-order chi connectivity index (χ0) is 24.0. The number of carbonyl (C=O) groups is 3. The third kappa shape index (κ3) is 6.31. The number of carbonyl (C=O) groups excluding carboxylic acids is 3. The van der Waals surface area contributed by atoms with Gasteiger partial charge in [0.1, 0.15) is 18.5 Å². The summed E-state index contributed by atoms with van der Waals surface area (Å²) in [6, 6.07) is 14.2. The summed E-state index contributed by atoms with van der Waals surface area (Å²) in [5.41, 5.74) is 10.9. The van der Waals surface area contributed by atoms with Gasteiger partial charge in [-0.1, -0.05) is 48.5 Å². The molecular formula is C24H28N4O5. The van der Waals surface area contributed by atoms with E-state index in [1.807, 2.05) is 48.5 Å². The number of nitrogens with one attached hydrogen (secondary N) is 2. The van der Waals surface area contributed by atoms with Gasteiger partial charge >= 0.3 is 12.1 Å². The van der Waals surface area contributed by atoms with Crippen molar-refractivity contribution in [2.45, 2.75) is 44.8 Å². The van der Waals surface area contributed by atoms with Gasteiger partial charge in [-0.3, -0.25) is 0 Å². The van der Waals surface area contributed by atoms with Crippen LogP contribution in [0.15, 0.2) is 53.6 Å². The number of rotatable bonds is 7. The van der Waals surface area contributed by atoms with E-state index in [2.05, 4.69) is 15.8 Å². The Bertz CT molecular complexity index is 1020. The number of amides is 3. The van der Waals surface area contributed by atoms with Crippen molar-refractivity contribution in [2.24, 2.45) is 10.8 Å². The highest BCUT2D eigenvalue weighted by Gasteiger charge is 2.29. The molecular weight excluding hydrogens is 424 g/mol. The third-order valence-corrected chi connectivity index (χ3v) is 4.92. The molecule has 4 N–H and O–H groups in total. The highest BCUT2D eigenvalue weighted by molar-refractivity contribution is 5.84.